The number of hydrogen-bond donors (Lipinski definition) is 0. The number of halogens is 1. The van der Waals surface area contributed by atoms with Gasteiger partial charge < -0.3 is 9.47 Å². The monoisotopic (exact) mass is 364 g/mol. The Morgan fingerprint density at radius 3 is 2.12 bits per heavy atom. The molecule has 2 unspecified atom stereocenters. The summed E-state index contributed by atoms with van der Waals surface area (Å²) in [6, 6.07) is 23.9. The summed E-state index contributed by atoms with van der Waals surface area (Å²) < 4.78 is 10.6. The summed E-state index contributed by atoms with van der Waals surface area (Å²) in [6.45, 7) is 0. The molecule has 3 nitrogen and oxygen atoms in total. The van der Waals surface area contributed by atoms with Crippen LogP contribution in [0, 0.1) is 0 Å². The molecule has 0 saturated carbocycles. The highest BCUT2D eigenvalue weighted by molar-refractivity contribution is 6.30. The van der Waals surface area contributed by atoms with Crippen molar-refractivity contribution in [1.29, 1.82) is 0 Å². The number of rotatable bonds is 4. The third-order valence-corrected chi connectivity index (χ3v) is 4.81. The van der Waals surface area contributed by atoms with Crippen LogP contribution in [0.15, 0.2) is 72.8 Å². The van der Waals surface area contributed by atoms with Crippen LogP contribution in [-0.4, -0.2) is 19.2 Å². The second kappa shape index (κ2) is 6.94. The lowest BCUT2D eigenvalue weighted by Gasteiger charge is -2.14. The van der Waals surface area contributed by atoms with Crippen molar-refractivity contribution in [3.05, 3.63) is 83.4 Å². The molecule has 0 spiro atoms. The van der Waals surface area contributed by atoms with Crippen LogP contribution in [0.25, 0.3) is 22.3 Å². The van der Waals surface area contributed by atoms with Gasteiger partial charge in [0.25, 0.3) is 0 Å². The topological polar surface area (TPSA) is 38.8 Å². The molecule has 1 aliphatic heterocycles. The predicted octanol–water partition coefficient (Wildman–Crippen LogP) is 5.29. The van der Waals surface area contributed by atoms with Crippen LogP contribution in [0.2, 0.25) is 5.02 Å². The number of esters is 1. The number of carbonyl (C=O) groups excluding carboxylic acids is 1. The van der Waals surface area contributed by atoms with E-state index in [1.165, 1.54) is 7.11 Å². The first-order chi connectivity index (χ1) is 12.7. The van der Waals surface area contributed by atoms with E-state index in [4.69, 9.17) is 21.1 Å². The van der Waals surface area contributed by atoms with Gasteiger partial charge in [-0.3, -0.25) is 0 Å². The van der Waals surface area contributed by atoms with Crippen molar-refractivity contribution in [1.82, 2.24) is 0 Å². The summed E-state index contributed by atoms with van der Waals surface area (Å²) in [5.74, 6) is -0.347. The van der Waals surface area contributed by atoms with E-state index in [-0.39, 0.29) is 12.1 Å². The highest BCUT2D eigenvalue weighted by Gasteiger charge is 2.49. The van der Waals surface area contributed by atoms with Crippen molar-refractivity contribution in [3.8, 4) is 22.3 Å². The van der Waals surface area contributed by atoms with Crippen molar-refractivity contribution >= 4 is 17.6 Å². The Hall–Kier alpha value is -2.62. The van der Waals surface area contributed by atoms with Gasteiger partial charge in [0.05, 0.1) is 7.11 Å². The minimum Gasteiger partial charge on any atom is -0.467 e. The van der Waals surface area contributed by atoms with Crippen molar-refractivity contribution in [2.45, 2.75) is 12.2 Å². The molecule has 4 heteroatoms. The number of epoxide rings is 1. The van der Waals surface area contributed by atoms with Gasteiger partial charge in [-0.15, -0.1) is 0 Å². The van der Waals surface area contributed by atoms with Crippen LogP contribution in [0.5, 0.6) is 0 Å². The Balaban J connectivity index is 1.87. The second-order valence-corrected chi connectivity index (χ2v) is 6.58. The third kappa shape index (κ3) is 3.12. The molecule has 0 aliphatic carbocycles. The summed E-state index contributed by atoms with van der Waals surface area (Å²) in [5, 5.41) is 0.685. The number of methoxy groups -OCH3 is 1. The van der Waals surface area contributed by atoms with E-state index < -0.39 is 6.10 Å². The number of ether oxygens (including phenoxy) is 2. The normalized spacial score (nSPS) is 18.4. The zero-order valence-corrected chi connectivity index (χ0v) is 14.9. The van der Waals surface area contributed by atoms with E-state index in [9.17, 15) is 4.79 Å². The van der Waals surface area contributed by atoms with E-state index in [0.717, 1.165) is 27.8 Å². The van der Waals surface area contributed by atoms with Crippen molar-refractivity contribution in [2.24, 2.45) is 0 Å². The summed E-state index contributed by atoms with van der Waals surface area (Å²) in [4.78, 5) is 11.9. The number of hydrogen-bond acceptors (Lipinski definition) is 3. The third-order valence-electron chi connectivity index (χ3n) is 4.56. The molecule has 3 aromatic rings. The first kappa shape index (κ1) is 16.8. The lowest BCUT2D eigenvalue weighted by atomic mass is 9.89. The second-order valence-electron chi connectivity index (χ2n) is 6.14. The van der Waals surface area contributed by atoms with Crippen molar-refractivity contribution in [3.63, 3.8) is 0 Å². The zero-order chi connectivity index (χ0) is 18.1. The Labute approximate surface area is 157 Å². The van der Waals surface area contributed by atoms with Crippen LogP contribution in [0.1, 0.15) is 11.7 Å². The molecule has 0 amide bonds. The lowest BCUT2D eigenvalue weighted by molar-refractivity contribution is -0.142. The van der Waals surface area contributed by atoms with Crippen LogP contribution in [-0.2, 0) is 14.3 Å². The molecule has 3 aromatic carbocycles. The quantitative estimate of drug-likeness (QED) is 0.466. The summed E-state index contributed by atoms with van der Waals surface area (Å²) in [7, 11) is 1.38. The van der Waals surface area contributed by atoms with E-state index in [1.807, 2.05) is 54.6 Å². The number of carbonyl (C=O) groups is 1. The van der Waals surface area contributed by atoms with E-state index >= 15 is 0 Å². The predicted molar refractivity (Wildman–Crippen MR) is 102 cm³/mol. The first-order valence-corrected chi connectivity index (χ1v) is 8.74. The minimum atomic E-state index is -0.559. The first-order valence-electron chi connectivity index (χ1n) is 8.36. The van der Waals surface area contributed by atoms with Gasteiger partial charge in [0.1, 0.15) is 6.10 Å². The molecule has 130 valence electrons. The molecule has 1 aliphatic rings. The standard InChI is InChI=1S/C22H17ClO3/c1-25-22(24)21-20(26-21)19-17(14-6-3-2-4-7-14)8-5-9-18(19)15-10-12-16(23)13-11-15/h2-13,20-21H,1H3. The van der Waals surface area contributed by atoms with Gasteiger partial charge in [0.2, 0.25) is 0 Å². The van der Waals surface area contributed by atoms with E-state index in [1.54, 1.807) is 0 Å². The highest BCUT2D eigenvalue weighted by Crippen LogP contribution is 2.48. The molecular weight excluding hydrogens is 348 g/mol. The molecule has 2 atom stereocenters. The van der Waals surface area contributed by atoms with Crippen LogP contribution >= 0.6 is 11.6 Å². The fraction of sp³-hybridized carbons (Fsp3) is 0.136. The SMILES string of the molecule is COC(=O)C1OC1c1c(-c2ccccc2)cccc1-c1ccc(Cl)cc1. The average Bonchev–Trinajstić information content (AvgIpc) is 3.48. The van der Waals surface area contributed by atoms with E-state index in [2.05, 4.69) is 18.2 Å². The van der Waals surface area contributed by atoms with Gasteiger partial charge in [0, 0.05) is 5.02 Å². The van der Waals surface area contributed by atoms with Gasteiger partial charge in [-0.25, -0.2) is 4.79 Å². The molecule has 1 heterocycles. The molecule has 1 fully saturated rings. The molecular formula is C22H17ClO3. The molecule has 1 saturated heterocycles. The minimum absolute atomic E-state index is 0.315. The maximum Gasteiger partial charge on any atom is 0.338 e. The molecule has 0 N–H and O–H groups in total. The average molecular weight is 365 g/mol. The maximum atomic E-state index is 11.9. The van der Waals surface area contributed by atoms with Crippen molar-refractivity contribution < 1.29 is 14.3 Å². The largest absolute Gasteiger partial charge is 0.467 e. The van der Waals surface area contributed by atoms with Gasteiger partial charge in [-0.05, 0) is 39.9 Å². The zero-order valence-electron chi connectivity index (χ0n) is 14.2. The lowest BCUT2D eigenvalue weighted by Crippen LogP contribution is -2.09. The molecule has 4 rings (SSSR count). The molecule has 26 heavy (non-hydrogen) atoms. The number of benzene rings is 3. The van der Waals surface area contributed by atoms with Crippen LogP contribution in [0.3, 0.4) is 0 Å². The summed E-state index contributed by atoms with van der Waals surface area (Å²) in [5.41, 5.74) is 5.18. The maximum absolute atomic E-state index is 11.9. The Morgan fingerprint density at radius 1 is 0.885 bits per heavy atom. The molecule has 0 radical (unpaired) electrons. The van der Waals surface area contributed by atoms with Gasteiger partial charge in [-0.1, -0.05) is 72.3 Å². The van der Waals surface area contributed by atoms with Gasteiger partial charge in [-0.2, -0.15) is 0 Å². The molecule has 0 aromatic heterocycles. The smallest absolute Gasteiger partial charge is 0.338 e. The Kier molecular flexibility index (Phi) is 4.49. The molecule has 0 bridgehead atoms. The summed E-state index contributed by atoms with van der Waals surface area (Å²) in [6.07, 6.45) is -0.875. The van der Waals surface area contributed by atoms with Gasteiger partial charge in [0.15, 0.2) is 6.10 Å². The highest BCUT2D eigenvalue weighted by atomic mass is 35.5. The van der Waals surface area contributed by atoms with Crippen molar-refractivity contribution in [2.75, 3.05) is 7.11 Å². The van der Waals surface area contributed by atoms with E-state index in [0.29, 0.717) is 5.02 Å². The summed E-state index contributed by atoms with van der Waals surface area (Å²) >= 11 is 6.04. The fourth-order valence-electron chi connectivity index (χ4n) is 3.25. The van der Waals surface area contributed by atoms with Gasteiger partial charge >= 0.3 is 5.97 Å². The Morgan fingerprint density at radius 2 is 1.50 bits per heavy atom. The Bertz CT molecular complexity index is 935. The van der Waals surface area contributed by atoms with Crippen LogP contribution in [0.4, 0.5) is 0 Å². The fourth-order valence-corrected chi connectivity index (χ4v) is 3.38. The van der Waals surface area contributed by atoms with Crippen LogP contribution < -0.4 is 0 Å².